The van der Waals surface area contributed by atoms with E-state index in [-0.39, 0.29) is 0 Å². The van der Waals surface area contributed by atoms with Gasteiger partial charge >= 0.3 is 0 Å². The Labute approximate surface area is 147 Å². The van der Waals surface area contributed by atoms with Crippen LogP contribution in [-0.2, 0) is 6.54 Å². The summed E-state index contributed by atoms with van der Waals surface area (Å²) in [6, 6.07) is 7.75. The molecule has 2 saturated heterocycles. The van der Waals surface area contributed by atoms with E-state index in [1.54, 1.807) is 7.11 Å². The lowest BCUT2D eigenvalue weighted by atomic mass is 10.00. The van der Waals surface area contributed by atoms with Crippen molar-refractivity contribution < 1.29 is 4.74 Å². The van der Waals surface area contributed by atoms with E-state index >= 15 is 0 Å². The van der Waals surface area contributed by atoms with Crippen LogP contribution in [0.5, 0.6) is 5.75 Å². The number of likely N-dealkylation sites (tertiary alicyclic amines) is 2. The third-order valence-electron chi connectivity index (χ3n) is 5.60. The van der Waals surface area contributed by atoms with Crippen LogP contribution >= 0.6 is 0 Å². The number of benzene rings is 1. The molecule has 1 atom stereocenters. The highest BCUT2D eigenvalue weighted by Gasteiger charge is 2.20. The molecular weight excluding hydrogens is 298 g/mol. The summed E-state index contributed by atoms with van der Waals surface area (Å²) in [6.45, 7) is 8.14. The summed E-state index contributed by atoms with van der Waals surface area (Å²) in [5.41, 5.74) is 2.71. The zero-order valence-electron chi connectivity index (χ0n) is 15.6. The summed E-state index contributed by atoms with van der Waals surface area (Å²) in [5.74, 6) is 1.03. The molecule has 0 bridgehead atoms. The highest BCUT2D eigenvalue weighted by atomic mass is 16.5. The van der Waals surface area contributed by atoms with Gasteiger partial charge in [-0.05, 0) is 83.5 Å². The van der Waals surface area contributed by atoms with Crippen LogP contribution in [0.15, 0.2) is 18.2 Å². The number of hydrogen-bond acceptors (Lipinski definition) is 4. The van der Waals surface area contributed by atoms with Gasteiger partial charge in [0.05, 0.1) is 7.11 Å². The molecular formula is C20H33N3O. The second kappa shape index (κ2) is 8.32. The summed E-state index contributed by atoms with van der Waals surface area (Å²) >= 11 is 0. The molecule has 0 amide bonds. The van der Waals surface area contributed by atoms with Crippen LogP contribution in [0, 0.1) is 0 Å². The predicted octanol–water partition coefficient (Wildman–Crippen LogP) is 3.04. The number of rotatable bonds is 6. The molecule has 0 aliphatic carbocycles. The van der Waals surface area contributed by atoms with Crippen molar-refractivity contribution in [2.75, 3.05) is 40.3 Å². The molecule has 2 aliphatic heterocycles. The van der Waals surface area contributed by atoms with Gasteiger partial charge in [0.2, 0.25) is 0 Å². The molecule has 2 fully saturated rings. The highest BCUT2D eigenvalue weighted by Crippen LogP contribution is 2.26. The van der Waals surface area contributed by atoms with Crippen molar-refractivity contribution in [3.8, 4) is 5.75 Å². The SMILES string of the molecule is COc1ccc(C(C)NC2CCN(C)CC2)cc1CN1CCCC1. The first-order valence-corrected chi connectivity index (χ1v) is 9.49. The summed E-state index contributed by atoms with van der Waals surface area (Å²) in [7, 11) is 4.00. The number of nitrogens with one attached hydrogen (secondary N) is 1. The lowest BCUT2D eigenvalue weighted by Crippen LogP contribution is -2.41. The van der Waals surface area contributed by atoms with E-state index in [4.69, 9.17) is 4.74 Å². The fraction of sp³-hybridized carbons (Fsp3) is 0.700. The van der Waals surface area contributed by atoms with Crippen LogP contribution in [0.2, 0.25) is 0 Å². The number of ether oxygens (including phenoxy) is 1. The molecule has 0 spiro atoms. The normalized spacial score (nSPS) is 22.0. The summed E-state index contributed by atoms with van der Waals surface area (Å²) in [5, 5.41) is 3.83. The van der Waals surface area contributed by atoms with Gasteiger partial charge in [-0.2, -0.15) is 0 Å². The molecule has 3 rings (SSSR count). The topological polar surface area (TPSA) is 27.7 Å². The molecule has 1 aromatic rings. The van der Waals surface area contributed by atoms with Crippen molar-refractivity contribution in [1.82, 2.24) is 15.1 Å². The Bertz CT molecular complexity index is 520. The molecule has 134 valence electrons. The van der Waals surface area contributed by atoms with E-state index < -0.39 is 0 Å². The average Bonchev–Trinajstić information content (AvgIpc) is 3.10. The third-order valence-corrected chi connectivity index (χ3v) is 5.60. The quantitative estimate of drug-likeness (QED) is 0.867. The zero-order valence-corrected chi connectivity index (χ0v) is 15.6. The second-order valence-electron chi connectivity index (χ2n) is 7.52. The number of piperidine rings is 1. The van der Waals surface area contributed by atoms with Crippen molar-refractivity contribution in [1.29, 1.82) is 0 Å². The molecule has 1 aromatic carbocycles. The zero-order chi connectivity index (χ0) is 16.9. The maximum Gasteiger partial charge on any atom is 0.123 e. The van der Waals surface area contributed by atoms with Crippen LogP contribution < -0.4 is 10.1 Å². The van der Waals surface area contributed by atoms with Crippen molar-refractivity contribution in [3.63, 3.8) is 0 Å². The maximum absolute atomic E-state index is 5.60. The van der Waals surface area contributed by atoms with Gasteiger partial charge in [0.1, 0.15) is 5.75 Å². The summed E-state index contributed by atoms with van der Waals surface area (Å²) < 4.78 is 5.60. The summed E-state index contributed by atoms with van der Waals surface area (Å²) in [6.07, 6.45) is 5.15. The molecule has 0 aromatic heterocycles. The van der Waals surface area contributed by atoms with E-state index in [1.165, 1.54) is 63.0 Å². The van der Waals surface area contributed by atoms with Gasteiger partial charge in [0, 0.05) is 24.2 Å². The van der Waals surface area contributed by atoms with Gasteiger partial charge in [0.25, 0.3) is 0 Å². The lowest BCUT2D eigenvalue weighted by molar-refractivity contribution is 0.226. The predicted molar refractivity (Wildman–Crippen MR) is 99.6 cm³/mol. The van der Waals surface area contributed by atoms with Crippen LogP contribution in [0.25, 0.3) is 0 Å². The third kappa shape index (κ3) is 4.50. The van der Waals surface area contributed by atoms with Crippen molar-refractivity contribution >= 4 is 0 Å². The van der Waals surface area contributed by atoms with Gasteiger partial charge in [-0.25, -0.2) is 0 Å². The van der Waals surface area contributed by atoms with Crippen LogP contribution in [-0.4, -0.2) is 56.2 Å². The Morgan fingerprint density at radius 2 is 1.88 bits per heavy atom. The van der Waals surface area contributed by atoms with Gasteiger partial charge < -0.3 is 15.0 Å². The molecule has 4 nitrogen and oxygen atoms in total. The fourth-order valence-electron chi connectivity index (χ4n) is 4.00. The molecule has 1 unspecified atom stereocenters. The molecule has 0 saturated carbocycles. The Morgan fingerprint density at radius 3 is 2.54 bits per heavy atom. The van der Waals surface area contributed by atoms with E-state index in [9.17, 15) is 0 Å². The molecule has 2 heterocycles. The molecule has 0 radical (unpaired) electrons. The molecule has 24 heavy (non-hydrogen) atoms. The Hall–Kier alpha value is -1.10. The minimum Gasteiger partial charge on any atom is -0.496 e. The minimum absolute atomic E-state index is 0.390. The lowest BCUT2D eigenvalue weighted by Gasteiger charge is -2.32. The second-order valence-corrected chi connectivity index (χ2v) is 7.52. The maximum atomic E-state index is 5.60. The highest BCUT2D eigenvalue weighted by molar-refractivity contribution is 5.38. The Kier molecular flexibility index (Phi) is 6.14. The van der Waals surface area contributed by atoms with Crippen molar-refractivity contribution in [2.45, 2.75) is 51.2 Å². The van der Waals surface area contributed by atoms with Gasteiger partial charge in [-0.15, -0.1) is 0 Å². The monoisotopic (exact) mass is 331 g/mol. The number of methoxy groups -OCH3 is 1. The molecule has 2 aliphatic rings. The van der Waals surface area contributed by atoms with Crippen LogP contribution in [0.3, 0.4) is 0 Å². The van der Waals surface area contributed by atoms with E-state index in [0.29, 0.717) is 12.1 Å². The standard InChI is InChI=1S/C20H33N3O/c1-16(21-19-8-12-22(2)13-9-19)17-6-7-20(24-3)18(14-17)15-23-10-4-5-11-23/h6-7,14,16,19,21H,4-5,8-13,15H2,1-3H3. The largest absolute Gasteiger partial charge is 0.496 e. The van der Waals surface area contributed by atoms with Crippen molar-refractivity contribution in [2.24, 2.45) is 0 Å². The van der Waals surface area contributed by atoms with Gasteiger partial charge in [-0.3, -0.25) is 4.90 Å². The Morgan fingerprint density at radius 1 is 1.17 bits per heavy atom. The molecule has 4 heteroatoms. The van der Waals surface area contributed by atoms with Crippen LogP contribution in [0.1, 0.15) is 49.8 Å². The van der Waals surface area contributed by atoms with Gasteiger partial charge in [0.15, 0.2) is 0 Å². The number of hydrogen-bond donors (Lipinski definition) is 1. The minimum atomic E-state index is 0.390. The van der Waals surface area contributed by atoms with Crippen LogP contribution in [0.4, 0.5) is 0 Å². The fourth-order valence-corrected chi connectivity index (χ4v) is 4.00. The number of nitrogens with zero attached hydrogens (tertiary/aromatic N) is 2. The van der Waals surface area contributed by atoms with Crippen molar-refractivity contribution in [3.05, 3.63) is 29.3 Å². The average molecular weight is 332 g/mol. The van der Waals surface area contributed by atoms with E-state index in [0.717, 1.165) is 12.3 Å². The smallest absolute Gasteiger partial charge is 0.123 e. The summed E-state index contributed by atoms with van der Waals surface area (Å²) in [4.78, 5) is 4.96. The molecule has 1 N–H and O–H groups in total. The van der Waals surface area contributed by atoms with Gasteiger partial charge in [-0.1, -0.05) is 6.07 Å². The first kappa shape index (κ1) is 17.7. The Balaban J connectivity index is 1.65. The van der Waals surface area contributed by atoms with E-state index in [1.807, 2.05) is 0 Å². The first-order chi connectivity index (χ1) is 11.7. The first-order valence-electron chi connectivity index (χ1n) is 9.49. The van der Waals surface area contributed by atoms with E-state index in [2.05, 4.69) is 47.3 Å².